The van der Waals surface area contributed by atoms with Crippen LogP contribution < -0.4 is 26.2 Å². The van der Waals surface area contributed by atoms with Gasteiger partial charge in [-0.2, -0.15) is 5.10 Å². The van der Waals surface area contributed by atoms with Gasteiger partial charge in [0, 0.05) is 80.2 Å². The van der Waals surface area contributed by atoms with Crippen LogP contribution in [0.5, 0.6) is 11.5 Å². The number of benzene rings is 4. The fraction of sp³-hybridized carbons (Fsp3) is 0.256. The number of amides is 2. The number of aliphatic hydroxyl groups is 1. The number of hydrogen-bond donors (Lipinski definition) is 6. The van der Waals surface area contributed by atoms with Crippen LogP contribution in [0.1, 0.15) is 36.5 Å². The van der Waals surface area contributed by atoms with Gasteiger partial charge in [-0.1, -0.05) is 54.6 Å². The molecule has 1 aliphatic heterocycles. The van der Waals surface area contributed by atoms with Gasteiger partial charge in [0.05, 0.1) is 35.8 Å². The summed E-state index contributed by atoms with van der Waals surface area (Å²) in [6, 6.07) is 28.9. The zero-order chi connectivity index (χ0) is 39.7. The minimum absolute atomic E-state index is 0.0786. The molecule has 0 saturated carbocycles. The summed E-state index contributed by atoms with van der Waals surface area (Å²) in [7, 11) is 1.55. The van der Waals surface area contributed by atoms with Gasteiger partial charge in [0.1, 0.15) is 17.6 Å². The third-order valence-corrected chi connectivity index (χ3v) is 10.1. The van der Waals surface area contributed by atoms with E-state index in [0.717, 1.165) is 16.7 Å². The second-order valence-corrected chi connectivity index (χ2v) is 13.8. The Bertz CT molecular complexity index is 2380. The number of piperidine rings is 1. The van der Waals surface area contributed by atoms with Crippen molar-refractivity contribution in [1.29, 1.82) is 0 Å². The number of rotatable bonds is 14. The summed E-state index contributed by atoms with van der Waals surface area (Å²) in [6.07, 6.45) is 3.36. The van der Waals surface area contributed by atoms with Crippen LogP contribution in [0.25, 0.3) is 27.7 Å². The van der Waals surface area contributed by atoms with Gasteiger partial charge in [-0.25, -0.2) is 9.48 Å². The molecule has 57 heavy (non-hydrogen) atoms. The molecular formula is C43H45N7O7. The van der Waals surface area contributed by atoms with E-state index in [1.807, 2.05) is 60.7 Å². The predicted molar refractivity (Wildman–Crippen MR) is 218 cm³/mol. The summed E-state index contributed by atoms with van der Waals surface area (Å²) < 4.78 is 13.2. The van der Waals surface area contributed by atoms with Crippen molar-refractivity contribution in [2.24, 2.45) is 0 Å². The predicted octanol–water partition coefficient (Wildman–Crippen LogP) is 5.96. The average Bonchev–Trinajstić information content (AvgIpc) is 3.77. The van der Waals surface area contributed by atoms with Crippen LogP contribution >= 0.6 is 0 Å². The number of nitrogens with zero attached hydrogens (tertiary/aromatic N) is 3. The van der Waals surface area contributed by atoms with Crippen LogP contribution in [-0.4, -0.2) is 81.3 Å². The smallest absolute Gasteiger partial charge is 0.411 e. The molecule has 1 saturated heterocycles. The van der Waals surface area contributed by atoms with Gasteiger partial charge in [-0.15, -0.1) is 0 Å². The van der Waals surface area contributed by atoms with E-state index in [0.29, 0.717) is 72.8 Å². The fourth-order valence-corrected chi connectivity index (χ4v) is 7.12. The summed E-state index contributed by atoms with van der Waals surface area (Å²) >= 11 is 0. The number of aromatic nitrogens is 3. The molecule has 1 atom stereocenters. The Kier molecular flexibility index (Phi) is 12.2. The van der Waals surface area contributed by atoms with Crippen LogP contribution in [0.15, 0.2) is 114 Å². The molecule has 0 unspecified atom stereocenters. The second kappa shape index (κ2) is 18.0. The zero-order valence-electron chi connectivity index (χ0n) is 31.5. The first-order valence-corrected chi connectivity index (χ1v) is 18.8. The number of para-hydroxylation sites is 1. The number of anilines is 2. The molecule has 6 aromatic rings. The zero-order valence-corrected chi connectivity index (χ0v) is 31.5. The quantitative estimate of drug-likeness (QED) is 0.0773. The first-order chi connectivity index (χ1) is 27.7. The number of ether oxygens (including phenoxy) is 2. The van der Waals surface area contributed by atoms with Gasteiger partial charge >= 0.3 is 6.09 Å². The van der Waals surface area contributed by atoms with Crippen LogP contribution in [-0.2, 0) is 16.1 Å². The molecule has 1 aliphatic rings. The highest BCUT2D eigenvalue weighted by molar-refractivity contribution is 5.94. The van der Waals surface area contributed by atoms with E-state index < -0.39 is 12.2 Å². The molecule has 2 aromatic heterocycles. The summed E-state index contributed by atoms with van der Waals surface area (Å²) in [5.41, 5.74) is 5.01. The molecule has 0 aliphatic carbocycles. The van der Waals surface area contributed by atoms with E-state index in [1.165, 1.54) is 12.1 Å². The minimum Gasteiger partial charge on any atom is -0.506 e. The Morgan fingerprint density at radius 3 is 2.51 bits per heavy atom. The third-order valence-electron chi connectivity index (χ3n) is 10.1. The average molecular weight is 772 g/mol. The van der Waals surface area contributed by atoms with Crippen molar-refractivity contribution in [3.05, 3.63) is 131 Å². The SMILES string of the molecule is COc1cc(NC(=O)CCN2CCC(OC(=O)Nc3ccccc3-c3ccccc3)CC2)c(-n2cccn2)cc1CNC[C@H](O)c1ccc(O)c2[nH]c(=O)ccc12. The molecule has 4 aromatic carbocycles. The highest BCUT2D eigenvalue weighted by Gasteiger charge is 2.24. The van der Waals surface area contributed by atoms with Gasteiger partial charge in [0.25, 0.3) is 0 Å². The molecule has 14 heteroatoms. The monoisotopic (exact) mass is 771 g/mol. The number of aromatic hydroxyl groups is 1. The minimum atomic E-state index is -0.944. The van der Waals surface area contributed by atoms with Gasteiger partial charge in [-0.05, 0) is 54.3 Å². The molecule has 2 amide bonds. The van der Waals surface area contributed by atoms with Crippen LogP contribution in [0.2, 0.25) is 0 Å². The van der Waals surface area contributed by atoms with Crippen molar-refractivity contribution >= 4 is 34.3 Å². The molecule has 294 valence electrons. The maximum absolute atomic E-state index is 13.3. The molecule has 7 rings (SSSR count). The Balaban J connectivity index is 0.919. The number of pyridine rings is 1. The lowest BCUT2D eigenvalue weighted by Crippen LogP contribution is -2.39. The molecule has 0 spiro atoms. The summed E-state index contributed by atoms with van der Waals surface area (Å²) in [6.45, 7) is 2.41. The van der Waals surface area contributed by atoms with Crippen molar-refractivity contribution < 1.29 is 29.3 Å². The van der Waals surface area contributed by atoms with Crippen molar-refractivity contribution in [2.45, 2.75) is 38.0 Å². The number of aromatic amines is 1. The van der Waals surface area contributed by atoms with E-state index in [4.69, 9.17) is 9.47 Å². The summed E-state index contributed by atoms with van der Waals surface area (Å²) in [5.74, 6) is 0.285. The summed E-state index contributed by atoms with van der Waals surface area (Å²) in [5, 5.41) is 35.5. The second-order valence-electron chi connectivity index (χ2n) is 13.8. The van der Waals surface area contributed by atoms with Crippen molar-refractivity contribution in [3.63, 3.8) is 0 Å². The number of methoxy groups -OCH3 is 1. The van der Waals surface area contributed by atoms with Crippen molar-refractivity contribution in [2.75, 3.05) is 43.9 Å². The maximum Gasteiger partial charge on any atom is 0.411 e. The standard InChI is InChI=1S/C43H45N7O7/c1-56-39-25-35(36(50-20-7-19-45-50)24-29(39)26-44-27-38(52)32-12-14-37(51)42-33(32)13-15-40(53)48-42)46-41(54)18-23-49-21-16-30(17-22-49)57-43(55)47-34-11-6-5-10-31(34)28-8-3-2-4-9-28/h2-15,19-20,24-25,30,38,44,51-52H,16-18,21-23,26-27H2,1H3,(H,46,54)(H,47,55)(H,48,53)/t38-/m0/s1. The molecular weight excluding hydrogens is 727 g/mol. The first-order valence-electron chi connectivity index (χ1n) is 18.8. The van der Waals surface area contributed by atoms with Crippen molar-refractivity contribution in [3.8, 4) is 28.3 Å². The number of likely N-dealkylation sites (tertiary alicyclic amines) is 1. The van der Waals surface area contributed by atoms with Crippen LogP contribution in [0.3, 0.4) is 0 Å². The Morgan fingerprint density at radius 1 is 0.947 bits per heavy atom. The fourth-order valence-electron chi connectivity index (χ4n) is 7.12. The number of phenols is 1. The highest BCUT2D eigenvalue weighted by Crippen LogP contribution is 2.32. The highest BCUT2D eigenvalue weighted by atomic mass is 16.6. The summed E-state index contributed by atoms with van der Waals surface area (Å²) in [4.78, 5) is 42.8. The molecule has 0 bridgehead atoms. The third kappa shape index (κ3) is 9.50. The number of carbonyl (C=O) groups excluding carboxylic acids is 2. The molecule has 14 nitrogen and oxygen atoms in total. The van der Waals surface area contributed by atoms with E-state index in [-0.39, 0.29) is 41.8 Å². The molecule has 1 fully saturated rings. The number of hydrogen-bond acceptors (Lipinski definition) is 10. The van der Waals surface area contributed by atoms with E-state index in [1.54, 1.807) is 48.5 Å². The molecule has 0 radical (unpaired) electrons. The van der Waals surface area contributed by atoms with E-state index in [2.05, 4.69) is 30.9 Å². The Morgan fingerprint density at radius 2 is 1.74 bits per heavy atom. The normalized spacial score (nSPS) is 13.9. The molecule has 3 heterocycles. The van der Waals surface area contributed by atoms with Gasteiger partial charge in [0.15, 0.2) is 0 Å². The number of carbonyl (C=O) groups is 2. The first kappa shape index (κ1) is 38.8. The van der Waals surface area contributed by atoms with Gasteiger partial charge in [0.2, 0.25) is 11.5 Å². The van der Waals surface area contributed by atoms with Crippen LogP contribution in [0.4, 0.5) is 16.2 Å². The van der Waals surface area contributed by atoms with Crippen LogP contribution in [0, 0.1) is 0 Å². The number of nitrogens with one attached hydrogen (secondary N) is 4. The number of fused-ring (bicyclic) bond motifs is 1. The number of aliphatic hydroxyl groups excluding tert-OH is 1. The van der Waals surface area contributed by atoms with E-state index >= 15 is 0 Å². The number of H-pyrrole nitrogens is 1. The van der Waals surface area contributed by atoms with Crippen molar-refractivity contribution in [1.82, 2.24) is 25.0 Å². The molecule has 6 N–H and O–H groups in total. The lowest BCUT2D eigenvalue weighted by atomic mass is 10.0. The van der Waals surface area contributed by atoms with Gasteiger partial charge in [-0.3, -0.25) is 14.9 Å². The largest absolute Gasteiger partial charge is 0.506 e. The van der Waals surface area contributed by atoms with Gasteiger partial charge < -0.3 is 40.2 Å². The topological polar surface area (TPSA) is 183 Å². The lowest BCUT2D eigenvalue weighted by Gasteiger charge is -2.31. The lowest BCUT2D eigenvalue weighted by molar-refractivity contribution is -0.116. The maximum atomic E-state index is 13.3. The Hall–Kier alpha value is -6.48. The van der Waals surface area contributed by atoms with E-state index in [9.17, 15) is 24.6 Å². The number of phenolic OH excluding ortho intramolecular Hbond substituents is 1. The Labute approximate surface area is 329 Å².